The molecule has 140 valence electrons. The van der Waals surface area contributed by atoms with Crippen LogP contribution < -0.4 is 0 Å². The van der Waals surface area contributed by atoms with Gasteiger partial charge in [-0.3, -0.25) is 9.59 Å². The number of H-pyrrole nitrogens is 1. The van der Waals surface area contributed by atoms with Crippen LogP contribution in [-0.4, -0.2) is 21.7 Å². The van der Waals surface area contributed by atoms with E-state index in [1.807, 2.05) is 45.0 Å². The highest BCUT2D eigenvalue weighted by atomic mass is 16.3. The predicted octanol–water partition coefficient (Wildman–Crippen LogP) is 5.29. The third-order valence-electron chi connectivity index (χ3n) is 5.16. The van der Waals surface area contributed by atoms with Crippen molar-refractivity contribution < 1.29 is 14.7 Å². The van der Waals surface area contributed by atoms with Crippen LogP contribution in [0.1, 0.15) is 46.1 Å². The molecule has 4 nitrogen and oxygen atoms in total. The van der Waals surface area contributed by atoms with E-state index in [0.717, 1.165) is 29.3 Å². The number of carbonyl (C=O) groups is 2. The maximum atomic E-state index is 12.9. The van der Waals surface area contributed by atoms with Crippen LogP contribution in [0.4, 0.5) is 0 Å². The Labute approximate surface area is 159 Å². The minimum absolute atomic E-state index is 0.0894. The second-order valence-corrected chi connectivity index (χ2v) is 7.43. The largest absolute Gasteiger partial charge is 0.507 e. The second-order valence-electron chi connectivity index (χ2n) is 7.43. The average molecular weight is 363 g/mol. The van der Waals surface area contributed by atoms with E-state index in [1.165, 1.54) is 12.5 Å². The first-order valence-electron chi connectivity index (χ1n) is 9.26. The zero-order valence-corrected chi connectivity index (χ0v) is 16.2. The van der Waals surface area contributed by atoms with E-state index in [0.29, 0.717) is 11.1 Å². The molecule has 1 aromatic carbocycles. The summed E-state index contributed by atoms with van der Waals surface area (Å²) in [6.07, 6.45) is 5.48. The molecule has 2 aromatic rings. The van der Waals surface area contributed by atoms with Crippen molar-refractivity contribution in [1.82, 2.24) is 4.98 Å². The van der Waals surface area contributed by atoms with E-state index < -0.39 is 11.6 Å². The van der Waals surface area contributed by atoms with Crippen LogP contribution in [0.25, 0.3) is 16.5 Å². The summed E-state index contributed by atoms with van der Waals surface area (Å²) in [6, 6.07) is 7.74. The summed E-state index contributed by atoms with van der Waals surface area (Å²) in [5.41, 5.74) is 3.91. The molecule has 0 unspecified atom stereocenters. The maximum Gasteiger partial charge on any atom is 0.232 e. The Morgan fingerprint density at radius 3 is 2.59 bits per heavy atom. The van der Waals surface area contributed by atoms with Crippen molar-refractivity contribution in [2.75, 3.05) is 0 Å². The minimum Gasteiger partial charge on any atom is -0.507 e. The van der Waals surface area contributed by atoms with Crippen LogP contribution in [-0.2, 0) is 9.59 Å². The summed E-state index contributed by atoms with van der Waals surface area (Å²) in [7, 11) is 0. The molecule has 0 bridgehead atoms. The Hall–Kier alpha value is -2.88. The molecule has 27 heavy (non-hydrogen) atoms. The number of aromatic amines is 1. The first-order chi connectivity index (χ1) is 12.8. The molecule has 1 aliphatic rings. The number of hydrogen-bond donors (Lipinski definition) is 2. The van der Waals surface area contributed by atoms with Crippen molar-refractivity contribution >= 4 is 28.0 Å². The standard InChI is InChI=1S/C23H25NO3/c1-13(2)8-7-9-14(3)19-20(21(25)15(4)22(26)23(19)27)17-12-24-18-11-6-5-10-16(17)18/h5-6,8,10-12,14,24-25H,7,9H2,1-4H3/t14-/m1/s1. The lowest BCUT2D eigenvalue weighted by Gasteiger charge is -2.24. The van der Waals surface area contributed by atoms with Gasteiger partial charge in [0.15, 0.2) is 0 Å². The van der Waals surface area contributed by atoms with Crippen molar-refractivity contribution in [3.05, 3.63) is 64.6 Å². The van der Waals surface area contributed by atoms with Gasteiger partial charge >= 0.3 is 0 Å². The average Bonchev–Trinajstić information content (AvgIpc) is 3.06. The summed E-state index contributed by atoms with van der Waals surface area (Å²) < 4.78 is 0. The third-order valence-corrected chi connectivity index (χ3v) is 5.16. The number of para-hydroxylation sites is 1. The van der Waals surface area contributed by atoms with Gasteiger partial charge in [0.05, 0.1) is 0 Å². The van der Waals surface area contributed by atoms with Crippen molar-refractivity contribution in [3.8, 4) is 0 Å². The molecule has 0 saturated carbocycles. The molecule has 0 spiro atoms. The third kappa shape index (κ3) is 3.39. The zero-order valence-electron chi connectivity index (χ0n) is 16.2. The number of ketones is 2. The van der Waals surface area contributed by atoms with Gasteiger partial charge in [0.2, 0.25) is 11.6 Å². The monoisotopic (exact) mass is 363 g/mol. The number of allylic oxidation sites excluding steroid dienone is 5. The van der Waals surface area contributed by atoms with Gasteiger partial charge in [0.1, 0.15) is 5.76 Å². The fourth-order valence-corrected chi connectivity index (χ4v) is 3.62. The van der Waals surface area contributed by atoms with Crippen LogP contribution >= 0.6 is 0 Å². The number of rotatable bonds is 5. The number of aliphatic hydroxyl groups excluding tert-OH is 1. The topological polar surface area (TPSA) is 70.2 Å². The molecular weight excluding hydrogens is 338 g/mol. The number of carbonyl (C=O) groups excluding carboxylic acids is 2. The Balaban J connectivity index is 2.19. The van der Waals surface area contributed by atoms with Gasteiger partial charge < -0.3 is 10.1 Å². The van der Waals surface area contributed by atoms with Crippen molar-refractivity contribution in [1.29, 1.82) is 0 Å². The fraction of sp³-hybridized carbons (Fsp3) is 0.304. The van der Waals surface area contributed by atoms with Gasteiger partial charge in [0, 0.05) is 39.4 Å². The summed E-state index contributed by atoms with van der Waals surface area (Å²) in [5, 5.41) is 11.7. The lowest BCUT2D eigenvalue weighted by Crippen LogP contribution is -2.28. The molecule has 0 aliphatic heterocycles. The van der Waals surface area contributed by atoms with Gasteiger partial charge in [-0.05, 0) is 45.6 Å². The Morgan fingerprint density at radius 1 is 1.19 bits per heavy atom. The molecule has 1 aromatic heterocycles. The molecular formula is C23H25NO3. The number of aromatic nitrogens is 1. The van der Waals surface area contributed by atoms with E-state index in [9.17, 15) is 14.7 Å². The molecule has 0 saturated heterocycles. The fourth-order valence-electron chi connectivity index (χ4n) is 3.62. The van der Waals surface area contributed by atoms with E-state index in [1.54, 1.807) is 6.20 Å². The quantitative estimate of drug-likeness (QED) is 0.431. The molecule has 4 heteroatoms. The Bertz CT molecular complexity index is 1010. The second kappa shape index (κ2) is 7.39. The molecule has 0 fully saturated rings. The van der Waals surface area contributed by atoms with Gasteiger partial charge in [0.25, 0.3) is 0 Å². The van der Waals surface area contributed by atoms with Crippen molar-refractivity contribution in [3.63, 3.8) is 0 Å². The highest BCUT2D eigenvalue weighted by Crippen LogP contribution is 2.39. The van der Waals surface area contributed by atoms with Crippen LogP contribution in [0.3, 0.4) is 0 Å². The highest BCUT2D eigenvalue weighted by molar-refractivity contribution is 6.52. The predicted molar refractivity (Wildman–Crippen MR) is 108 cm³/mol. The van der Waals surface area contributed by atoms with Crippen molar-refractivity contribution in [2.45, 2.75) is 40.5 Å². The van der Waals surface area contributed by atoms with Gasteiger partial charge in [-0.2, -0.15) is 0 Å². The van der Waals surface area contributed by atoms with E-state index in [4.69, 9.17) is 0 Å². The molecule has 1 aliphatic carbocycles. The van der Waals surface area contributed by atoms with Crippen LogP contribution in [0.15, 0.2) is 59.0 Å². The molecule has 0 amide bonds. The lowest BCUT2D eigenvalue weighted by atomic mass is 9.79. The molecule has 1 heterocycles. The Kier molecular flexibility index (Phi) is 5.17. The molecule has 2 N–H and O–H groups in total. The molecule has 3 rings (SSSR count). The minimum atomic E-state index is -0.611. The number of benzene rings is 1. The smallest absolute Gasteiger partial charge is 0.232 e. The Morgan fingerprint density at radius 2 is 1.89 bits per heavy atom. The summed E-state index contributed by atoms with van der Waals surface area (Å²) >= 11 is 0. The van der Waals surface area contributed by atoms with Crippen molar-refractivity contribution in [2.24, 2.45) is 5.92 Å². The number of aliphatic hydroxyl groups is 1. The first-order valence-corrected chi connectivity index (χ1v) is 9.26. The highest BCUT2D eigenvalue weighted by Gasteiger charge is 2.36. The number of Topliss-reactive ketones (excluding diaryl/α,β-unsaturated/α-hetero) is 2. The summed E-state index contributed by atoms with van der Waals surface area (Å²) in [5.74, 6) is -1.35. The van der Waals surface area contributed by atoms with E-state index in [2.05, 4.69) is 11.1 Å². The zero-order chi connectivity index (χ0) is 19.7. The molecule has 1 atom stereocenters. The lowest BCUT2D eigenvalue weighted by molar-refractivity contribution is -0.132. The maximum absolute atomic E-state index is 12.9. The van der Waals surface area contributed by atoms with Crippen LogP contribution in [0.2, 0.25) is 0 Å². The van der Waals surface area contributed by atoms with E-state index >= 15 is 0 Å². The number of fused-ring (bicyclic) bond motifs is 1. The van der Waals surface area contributed by atoms with Crippen LogP contribution in [0.5, 0.6) is 0 Å². The number of hydrogen-bond acceptors (Lipinski definition) is 3. The van der Waals surface area contributed by atoms with E-state index in [-0.39, 0.29) is 17.3 Å². The molecule has 0 radical (unpaired) electrons. The number of nitrogens with one attached hydrogen (secondary N) is 1. The van der Waals surface area contributed by atoms with Gasteiger partial charge in [-0.1, -0.05) is 36.8 Å². The van der Waals surface area contributed by atoms with Crippen LogP contribution in [0, 0.1) is 5.92 Å². The summed E-state index contributed by atoms with van der Waals surface area (Å²) in [4.78, 5) is 28.5. The first kappa shape index (κ1) is 18.9. The SMILES string of the molecule is CC(C)=CCC[C@@H](C)C1=C(c2c[nH]c3ccccc23)C(O)=C(C)C(=O)C1=O. The van der Waals surface area contributed by atoms with Gasteiger partial charge in [-0.15, -0.1) is 0 Å². The normalized spacial score (nSPS) is 16.3. The van der Waals surface area contributed by atoms with Gasteiger partial charge in [-0.25, -0.2) is 0 Å². The summed E-state index contributed by atoms with van der Waals surface area (Å²) in [6.45, 7) is 7.53.